The van der Waals surface area contributed by atoms with Crippen molar-refractivity contribution in [3.8, 4) is 0 Å². The van der Waals surface area contributed by atoms with Crippen LogP contribution >= 0.6 is 11.6 Å². The van der Waals surface area contributed by atoms with Gasteiger partial charge in [-0.15, -0.1) is 11.6 Å². The van der Waals surface area contributed by atoms with Crippen molar-refractivity contribution in [1.82, 2.24) is 0 Å². The summed E-state index contributed by atoms with van der Waals surface area (Å²) in [5.74, 6) is -1.42. The van der Waals surface area contributed by atoms with Gasteiger partial charge in [0.1, 0.15) is 6.61 Å². The third kappa shape index (κ3) is 4.78. The van der Waals surface area contributed by atoms with E-state index in [-0.39, 0.29) is 13.2 Å². The molecule has 0 rings (SSSR count). The maximum atomic E-state index is 11.4. The Morgan fingerprint density at radius 2 is 1.93 bits per heavy atom. The molecule has 0 amide bonds. The summed E-state index contributed by atoms with van der Waals surface area (Å²) in [6, 6.07) is 0. The second kappa shape index (κ2) is 7.23. The van der Waals surface area contributed by atoms with E-state index in [1.165, 1.54) is 6.92 Å². The van der Waals surface area contributed by atoms with Crippen molar-refractivity contribution in [2.24, 2.45) is 5.16 Å². The fraction of sp³-hybridized carbons (Fsp3) is 0.667. The molecule has 0 radical (unpaired) electrons. The first-order valence-corrected chi connectivity index (χ1v) is 5.03. The molecule has 5 nitrogen and oxygen atoms in total. The molecule has 0 aliphatic carbocycles. The van der Waals surface area contributed by atoms with Crippen molar-refractivity contribution < 1.29 is 19.2 Å². The van der Waals surface area contributed by atoms with Crippen LogP contribution in [0.2, 0.25) is 0 Å². The van der Waals surface area contributed by atoms with Crippen LogP contribution in [0.5, 0.6) is 0 Å². The highest BCUT2D eigenvalue weighted by Gasteiger charge is 2.26. The van der Waals surface area contributed by atoms with Gasteiger partial charge in [0.2, 0.25) is 11.5 Å². The van der Waals surface area contributed by atoms with E-state index in [1.807, 2.05) is 0 Å². The number of oxime groups is 1. The fourth-order valence-corrected chi connectivity index (χ4v) is 0.803. The monoisotopic (exact) mass is 235 g/mol. The van der Waals surface area contributed by atoms with Gasteiger partial charge in [0.15, 0.2) is 0 Å². The number of alkyl halides is 1. The topological polar surface area (TPSA) is 65.0 Å². The van der Waals surface area contributed by atoms with Gasteiger partial charge < -0.3 is 9.57 Å². The molecule has 6 heteroatoms. The number of nitrogens with zero attached hydrogens (tertiary/aromatic N) is 1. The summed E-state index contributed by atoms with van der Waals surface area (Å²) in [5.41, 5.74) is -0.402. The molecule has 0 fully saturated rings. The largest absolute Gasteiger partial charge is 0.461 e. The first-order chi connectivity index (χ1) is 7.04. The number of ether oxygens (including phenoxy) is 1. The van der Waals surface area contributed by atoms with Crippen LogP contribution in [-0.4, -0.2) is 36.1 Å². The highest BCUT2D eigenvalue weighted by atomic mass is 35.5. The van der Waals surface area contributed by atoms with E-state index < -0.39 is 22.8 Å². The molecule has 0 aromatic carbocycles. The summed E-state index contributed by atoms with van der Waals surface area (Å²) in [4.78, 5) is 27.3. The third-order valence-electron chi connectivity index (χ3n) is 1.35. The lowest BCUT2D eigenvalue weighted by Crippen LogP contribution is -2.31. The average molecular weight is 236 g/mol. The van der Waals surface area contributed by atoms with Crippen LogP contribution in [0.3, 0.4) is 0 Å². The van der Waals surface area contributed by atoms with Crippen LogP contribution in [0.15, 0.2) is 5.16 Å². The van der Waals surface area contributed by atoms with Crippen LogP contribution in [0, 0.1) is 0 Å². The standard InChI is InChI=1S/C9H14ClNO4/c1-4-14-9(13)7(11-15-5-2)8(12)6(3)10/h6H,4-5H2,1-3H3/b11-7+. The Kier molecular flexibility index (Phi) is 6.70. The molecule has 0 saturated heterocycles. The Balaban J connectivity index is 4.73. The maximum absolute atomic E-state index is 11.4. The summed E-state index contributed by atoms with van der Waals surface area (Å²) in [7, 11) is 0. The van der Waals surface area contributed by atoms with Gasteiger partial charge in [0, 0.05) is 0 Å². The molecule has 0 bridgehead atoms. The molecule has 0 aromatic rings. The molecule has 0 N–H and O–H groups in total. The number of hydrogen-bond acceptors (Lipinski definition) is 5. The van der Waals surface area contributed by atoms with Crippen LogP contribution in [-0.2, 0) is 19.2 Å². The van der Waals surface area contributed by atoms with Crippen LogP contribution in [0.4, 0.5) is 0 Å². The summed E-state index contributed by atoms with van der Waals surface area (Å²) >= 11 is 5.55. The summed E-state index contributed by atoms with van der Waals surface area (Å²) in [6.07, 6.45) is 0. The van der Waals surface area contributed by atoms with Crippen LogP contribution in [0.25, 0.3) is 0 Å². The number of halogens is 1. The van der Waals surface area contributed by atoms with Gasteiger partial charge in [0.25, 0.3) is 0 Å². The van der Waals surface area contributed by atoms with E-state index in [2.05, 4.69) is 14.7 Å². The molecule has 86 valence electrons. The zero-order valence-corrected chi connectivity index (χ0v) is 9.71. The van der Waals surface area contributed by atoms with Crippen molar-refractivity contribution in [3.05, 3.63) is 0 Å². The Labute approximate surface area is 93.4 Å². The maximum Gasteiger partial charge on any atom is 0.364 e. The number of carbonyl (C=O) groups is 2. The lowest BCUT2D eigenvalue weighted by atomic mass is 10.2. The summed E-state index contributed by atoms with van der Waals surface area (Å²) in [5, 5.41) is 2.55. The second-order valence-corrected chi connectivity index (χ2v) is 3.21. The van der Waals surface area contributed by atoms with Gasteiger partial charge in [-0.25, -0.2) is 4.79 Å². The zero-order valence-electron chi connectivity index (χ0n) is 8.95. The Hall–Kier alpha value is -1.10. The number of Topliss-reactive ketones (excluding diaryl/α,β-unsaturated/α-hetero) is 1. The van der Waals surface area contributed by atoms with Crippen molar-refractivity contribution in [3.63, 3.8) is 0 Å². The molecule has 0 heterocycles. The van der Waals surface area contributed by atoms with Gasteiger partial charge in [-0.1, -0.05) is 5.16 Å². The van der Waals surface area contributed by atoms with Crippen LogP contribution in [0.1, 0.15) is 20.8 Å². The highest BCUT2D eigenvalue weighted by Crippen LogP contribution is 2.00. The van der Waals surface area contributed by atoms with Crippen molar-refractivity contribution in [2.75, 3.05) is 13.2 Å². The minimum absolute atomic E-state index is 0.161. The van der Waals surface area contributed by atoms with Crippen molar-refractivity contribution in [2.45, 2.75) is 26.1 Å². The Bertz CT molecular complexity index is 263. The van der Waals surface area contributed by atoms with Gasteiger partial charge in [-0.3, -0.25) is 4.79 Å². The number of hydrogen-bond donors (Lipinski definition) is 0. The quantitative estimate of drug-likeness (QED) is 0.228. The Morgan fingerprint density at radius 1 is 1.33 bits per heavy atom. The minimum atomic E-state index is -0.839. The number of ketones is 1. The van der Waals surface area contributed by atoms with Crippen molar-refractivity contribution in [1.29, 1.82) is 0 Å². The molecule has 0 saturated carbocycles. The molecule has 0 aromatic heterocycles. The third-order valence-corrected chi connectivity index (χ3v) is 1.55. The lowest BCUT2D eigenvalue weighted by Gasteiger charge is -2.05. The molecule has 1 unspecified atom stereocenters. The molecule has 1 atom stereocenters. The van der Waals surface area contributed by atoms with E-state index in [1.54, 1.807) is 13.8 Å². The molecule has 0 aliphatic heterocycles. The van der Waals surface area contributed by atoms with E-state index in [0.717, 1.165) is 0 Å². The lowest BCUT2D eigenvalue weighted by molar-refractivity contribution is -0.136. The fourth-order valence-electron chi connectivity index (χ4n) is 0.700. The number of carbonyl (C=O) groups excluding carboxylic acids is 2. The highest BCUT2D eigenvalue weighted by molar-refractivity contribution is 6.68. The first-order valence-electron chi connectivity index (χ1n) is 4.59. The predicted molar refractivity (Wildman–Crippen MR) is 56.0 cm³/mol. The first kappa shape index (κ1) is 13.9. The smallest absolute Gasteiger partial charge is 0.364 e. The van der Waals surface area contributed by atoms with Gasteiger partial charge in [-0.05, 0) is 20.8 Å². The van der Waals surface area contributed by atoms with E-state index in [9.17, 15) is 9.59 Å². The minimum Gasteiger partial charge on any atom is -0.461 e. The molecular formula is C9H14ClNO4. The predicted octanol–water partition coefficient (Wildman–Crippen LogP) is 1.14. The van der Waals surface area contributed by atoms with Gasteiger partial charge in [0.05, 0.1) is 12.0 Å². The van der Waals surface area contributed by atoms with Crippen LogP contribution < -0.4 is 0 Å². The zero-order chi connectivity index (χ0) is 11.8. The molecule has 15 heavy (non-hydrogen) atoms. The normalized spacial score (nSPS) is 13.2. The van der Waals surface area contributed by atoms with E-state index in [4.69, 9.17) is 11.6 Å². The summed E-state index contributed by atoms with van der Waals surface area (Å²) < 4.78 is 4.64. The molecule has 0 aliphatic rings. The average Bonchev–Trinajstić information content (AvgIpc) is 2.18. The second-order valence-electron chi connectivity index (χ2n) is 2.56. The SMILES string of the molecule is CCO/N=C(/C(=O)OCC)C(=O)C(C)Cl. The van der Waals surface area contributed by atoms with Crippen molar-refractivity contribution >= 4 is 29.1 Å². The Morgan fingerprint density at radius 3 is 2.33 bits per heavy atom. The van der Waals surface area contributed by atoms with E-state index in [0.29, 0.717) is 0 Å². The van der Waals surface area contributed by atoms with Gasteiger partial charge in [-0.2, -0.15) is 0 Å². The van der Waals surface area contributed by atoms with E-state index >= 15 is 0 Å². The number of rotatable bonds is 6. The molecular weight excluding hydrogens is 222 g/mol. The summed E-state index contributed by atoms with van der Waals surface area (Å²) in [6.45, 7) is 5.18. The van der Waals surface area contributed by atoms with Gasteiger partial charge >= 0.3 is 5.97 Å². The molecule has 0 spiro atoms. The number of esters is 1.